The zero-order chi connectivity index (χ0) is 13.1. The Bertz CT molecular complexity index is 522. The number of anilines is 1. The van der Waals surface area contributed by atoms with Gasteiger partial charge in [-0.25, -0.2) is 9.67 Å². The summed E-state index contributed by atoms with van der Waals surface area (Å²) in [5.41, 5.74) is 0. The fraction of sp³-hybridized carbons (Fsp3) is 0.400. The van der Waals surface area contributed by atoms with Gasteiger partial charge in [0.15, 0.2) is 5.82 Å². The summed E-state index contributed by atoms with van der Waals surface area (Å²) in [7, 11) is 3.26. The summed E-state index contributed by atoms with van der Waals surface area (Å²) in [5, 5.41) is 7.02. The molecule has 0 saturated heterocycles. The highest BCUT2D eigenvalue weighted by molar-refractivity contribution is 5.38. The summed E-state index contributed by atoms with van der Waals surface area (Å²) in [4.78, 5) is 3.86. The van der Waals surface area contributed by atoms with Crippen molar-refractivity contribution in [2.75, 3.05) is 12.4 Å². The van der Waals surface area contributed by atoms with Crippen LogP contribution >= 0.6 is 0 Å². The van der Waals surface area contributed by atoms with Crippen LogP contribution in [-0.4, -0.2) is 26.4 Å². The van der Waals surface area contributed by atoms with Crippen molar-refractivity contribution in [2.45, 2.75) is 13.1 Å². The molecular weight excluding hydrogens is 244 g/mol. The van der Waals surface area contributed by atoms with Gasteiger partial charge >= 0.3 is 6.55 Å². The smallest absolute Gasteiger partial charge is 0.319 e. The molecule has 0 spiro atoms. The molecule has 0 aliphatic heterocycles. The van der Waals surface area contributed by atoms with Crippen molar-refractivity contribution < 1.29 is 13.5 Å². The first kappa shape index (κ1) is 12.3. The minimum atomic E-state index is -2.59. The fourth-order valence-electron chi connectivity index (χ4n) is 1.56. The van der Waals surface area contributed by atoms with E-state index in [0.29, 0.717) is 11.7 Å². The van der Waals surface area contributed by atoms with Crippen molar-refractivity contribution in [3.8, 4) is 5.88 Å². The number of ether oxygens (including phenoxy) is 1. The maximum absolute atomic E-state index is 12.6. The lowest BCUT2D eigenvalue weighted by molar-refractivity contribution is 0.0673. The summed E-state index contributed by atoms with van der Waals surface area (Å²) >= 11 is 0. The van der Waals surface area contributed by atoms with E-state index in [2.05, 4.69) is 15.4 Å². The number of nitrogens with zero attached hydrogens (tertiary/aromatic N) is 4. The first-order valence-corrected chi connectivity index (χ1v) is 5.23. The normalized spacial score (nSPS) is 10.9. The van der Waals surface area contributed by atoms with Crippen LogP contribution in [0.25, 0.3) is 0 Å². The molecule has 0 saturated carbocycles. The molecule has 2 rings (SSSR count). The van der Waals surface area contributed by atoms with Gasteiger partial charge in [0, 0.05) is 25.5 Å². The Morgan fingerprint density at radius 1 is 1.50 bits per heavy atom. The zero-order valence-corrected chi connectivity index (χ0v) is 9.97. The third-order valence-electron chi connectivity index (χ3n) is 2.43. The van der Waals surface area contributed by atoms with Crippen LogP contribution in [0.2, 0.25) is 0 Å². The number of aromatic nitrogens is 4. The molecule has 2 aromatic heterocycles. The monoisotopic (exact) mass is 257 g/mol. The molecule has 0 radical (unpaired) electrons. The molecule has 0 aromatic carbocycles. The fourth-order valence-corrected chi connectivity index (χ4v) is 1.56. The molecule has 0 atom stereocenters. The Labute approximate surface area is 102 Å². The lowest BCUT2D eigenvalue weighted by atomic mass is 10.5. The second-order valence-corrected chi connectivity index (χ2v) is 3.58. The quantitative estimate of drug-likeness (QED) is 0.884. The Morgan fingerprint density at radius 2 is 2.28 bits per heavy atom. The molecule has 2 heterocycles. The topological polar surface area (TPSA) is 56.9 Å². The molecule has 98 valence electrons. The van der Waals surface area contributed by atoms with Crippen molar-refractivity contribution in [2.24, 2.45) is 7.05 Å². The van der Waals surface area contributed by atoms with E-state index in [1.54, 1.807) is 17.8 Å². The molecule has 0 aliphatic carbocycles. The molecule has 6 nitrogen and oxygen atoms in total. The van der Waals surface area contributed by atoms with E-state index < -0.39 is 6.55 Å². The van der Waals surface area contributed by atoms with Gasteiger partial charge < -0.3 is 10.1 Å². The number of rotatable bonds is 5. The molecule has 0 aliphatic rings. The van der Waals surface area contributed by atoms with Crippen molar-refractivity contribution in [1.29, 1.82) is 0 Å². The largest absolute Gasteiger partial charge is 0.481 e. The van der Waals surface area contributed by atoms with Crippen LogP contribution in [0.5, 0.6) is 5.88 Å². The van der Waals surface area contributed by atoms with Crippen LogP contribution in [0.3, 0.4) is 0 Å². The average Bonchev–Trinajstić information content (AvgIpc) is 2.92. The van der Waals surface area contributed by atoms with E-state index in [1.165, 1.54) is 19.5 Å². The maximum atomic E-state index is 12.6. The number of nitrogens with one attached hydrogen (secondary N) is 1. The first-order valence-electron chi connectivity index (χ1n) is 5.23. The molecule has 0 bridgehead atoms. The van der Waals surface area contributed by atoms with Gasteiger partial charge in [-0.15, -0.1) is 0 Å². The van der Waals surface area contributed by atoms with E-state index in [9.17, 15) is 8.78 Å². The number of imidazole rings is 1. The second-order valence-electron chi connectivity index (χ2n) is 3.58. The number of methoxy groups -OCH3 is 1. The Kier molecular flexibility index (Phi) is 3.45. The summed E-state index contributed by atoms with van der Waals surface area (Å²) in [5.74, 6) is 1.36. The SMILES string of the molecule is COc1cc(NCc2nccn2C(F)F)nn1C. The summed E-state index contributed by atoms with van der Waals surface area (Å²) in [6.07, 6.45) is 2.57. The molecule has 0 unspecified atom stereocenters. The van der Waals surface area contributed by atoms with E-state index in [0.717, 1.165) is 4.57 Å². The van der Waals surface area contributed by atoms with E-state index in [1.807, 2.05) is 0 Å². The predicted molar refractivity (Wildman–Crippen MR) is 60.6 cm³/mol. The maximum Gasteiger partial charge on any atom is 0.319 e. The van der Waals surface area contributed by atoms with Crippen molar-refractivity contribution in [1.82, 2.24) is 19.3 Å². The van der Waals surface area contributed by atoms with Crippen LogP contribution in [0, 0.1) is 0 Å². The highest BCUT2D eigenvalue weighted by atomic mass is 19.3. The third-order valence-corrected chi connectivity index (χ3v) is 2.43. The van der Waals surface area contributed by atoms with Gasteiger partial charge in [-0.3, -0.25) is 4.57 Å². The third kappa shape index (κ3) is 2.41. The first-order chi connectivity index (χ1) is 8.61. The Morgan fingerprint density at radius 3 is 2.89 bits per heavy atom. The Balaban J connectivity index is 2.04. The lowest BCUT2D eigenvalue weighted by Gasteiger charge is -2.06. The van der Waals surface area contributed by atoms with E-state index in [-0.39, 0.29) is 12.4 Å². The number of alkyl halides is 2. The predicted octanol–water partition coefficient (Wildman–Crippen LogP) is 1.63. The van der Waals surface area contributed by atoms with Crippen LogP contribution in [0.1, 0.15) is 12.4 Å². The molecule has 1 N–H and O–H groups in total. The molecule has 0 fully saturated rings. The highest BCUT2D eigenvalue weighted by Gasteiger charge is 2.11. The number of hydrogen-bond acceptors (Lipinski definition) is 4. The summed E-state index contributed by atoms with van der Waals surface area (Å²) in [6, 6.07) is 1.68. The van der Waals surface area contributed by atoms with Crippen molar-refractivity contribution >= 4 is 5.82 Å². The summed E-state index contributed by atoms with van der Waals surface area (Å²) in [6.45, 7) is -2.43. The zero-order valence-electron chi connectivity index (χ0n) is 9.97. The molecule has 2 aromatic rings. The minimum Gasteiger partial charge on any atom is -0.481 e. The van der Waals surface area contributed by atoms with Gasteiger partial charge in [-0.2, -0.15) is 13.9 Å². The number of hydrogen-bond donors (Lipinski definition) is 1. The Hall–Kier alpha value is -2.12. The van der Waals surface area contributed by atoms with Crippen LogP contribution < -0.4 is 10.1 Å². The number of aryl methyl sites for hydroxylation is 1. The average molecular weight is 257 g/mol. The van der Waals surface area contributed by atoms with Crippen LogP contribution in [-0.2, 0) is 13.6 Å². The standard InChI is InChI=1S/C10H13F2N5O/c1-16-9(18-2)5-7(15-16)14-6-8-13-3-4-17(8)10(11)12/h3-5,10H,6H2,1-2H3,(H,14,15). The summed E-state index contributed by atoms with van der Waals surface area (Å²) < 4.78 is 32.5. The van der Waals surface area contributed by atoms with Gasteiger partial charge in [0.05, 0.1) is 13.7 Å². The lowest BCUT2D eigenvalue weighted by Crippen LogP contribution is -2.09. The van der Waals surface area contributed by atoms with E-state index >= 15 is 0 Å². The molecular formula is C10H13F2N5O. The number of halogens is 2. The van der Waals surface area contributed by atoms with Gasteiger partial charge in [0.1, 0.15) is 5.82 Å². The van der Waals surface area contributed by atoms with Gasteiger partial charge in [-0.05, 0) is 0 Å². The van der Waals surface area contributed by atoms with Gasteiger partial charge in [0.25, 0.3) is 0 Å². The van der Waals surface area contributed by atoms with Crippen LogP contribution in [0.4, 0.5) is 14.6 Å². The molecule has 0 amide bonds. The minimum absolute atomic E-state index is 0.164. The van der Waals surface area contributed by atoms with Gasteiger partial charge in [-0.1, -0.05) is 0 Å². The van der Waals surface area contributed by atoms with Crippen molar-refractivity contribution in [3.63, 3.8) is 0 Å². The molecule has 8 heteroatoms. The molecule has 18 heavy (non-hydrogen) atoms. The van der Waals surface area contributed by atoms with E-state index in [4.69, 9.17) is 4.74 Å². The van der Waals surface area contributed by atoms with Crippen LogP contribution in [0.15, 0.2) is 18.5 Å². The van der Waals surface area contributed by atoms with Gasteiger partial charge in [0.2, 0.25) is 5.88 Å². The second kappa shape index (κ2) is 5.03. The van der Waals surface area contributed by atoms with Crippen molar-refractivity contribution in [3.05, 3.63) is 24.3 Å². The highest BCUT2D eigenvalue weighted by Crippen LogP contribution is 2.17.